The topological polar surface area (TPSA) is 55.1 Å². The first-order valence-corrected chi connectivity index (χ1v) is 13.8. The van der Waals surface area contributed by atoms with Gasteiger partial charge in [-0.1, -0.05) is 64.0 Å². The monoisotopic (exact) mass is 480 g/mol. The Bertz CT molecular complexity index is 1330. The zero-order valence-electron chi connectivity index (χ0n) is 19.3. The summed E-state index contributed by atoms with van der Waals surface area (Å²) in [5.74, 6) is 0.799. The molecular formula is C27H29ClN2O2S. The van der Waals surface area contributed by atoms with Crippen LogP contribution in [0.25, 0.3) is 16.8 Å². The normalized spacial score (nSPS) is 12.7. The Morgan fingerprint density at radius 3 is 2.30 bits per heavy atom. The average Bonchev–Trinajstić information content (AvgIpc) is 3.19. The Morgan fingerprint density at radius 1 is 0.970 bits per heavy atom. The smallest absolute Gasteiger partial charge is 0.118 e. The molecule has 6 heteroatoms. The third-order valence-corrected chi connectivity index (χ3v) is 7.55. The SMILES string of the molecule is CC(C)(O)c1cn(-c2ccc(-c3cccc([SH](C)(C)=O)c3)cc2)c(Cc2ccccc2Cl)n1. The maximum atomic E-state index is 12.5. The lowest BCUT2D eigenvalue weighted by Gasteiger charge is -2.14. The molecule has 4 rings (SSSR count). The summed E-state index contributed by atoms with van der Waals surface area (Å²) >= 11 is 6.40. The number of nitrogens with zero attached hydrogens (tertiary/aromatic N) is 2. The minimum atomic E-state index is -2.33. The molecule has 0 amide bonds. The van der Waals surface area contributed by atoms with Gasteiger partial charge in [0.2, 0.25) is 0 Å². The molecule has 4 nitrogen and oxygen atoms in total. The van der Waals surface area contributed by atoms with Crippen LogP contribution in [0.15, 0.2) is 83.9 Å². The van der Waals surface area contributed by atoms with Crippen molar-refractivity contribution < 1.29 is 9.32 Å². The van der Waals surface area contributed by atoms with Crippen LogP contribution in [0.1, 0.15) is 30.9 Å². The first-order valence-electron chi connectivity index (χ1n) is 10.8. The molecule has 0 saturated carbocycles. The number of imidazole rings is 1. The molecule has 4 aromatic rings. The second-order valence-corrected chi connectivity index (χ2v) is 12.8. The first-order chi connectivity index (χ1) is 15.5. The summed E-state index contributed by atoms with van der Waals surface area (Å²) in [4.78, 5) is 5.61. The van der Waals surface area contributed by atoms with Gasteiger partial charge in [-0.15, -0.1) is 0 Å². The molecule has 0 aliphatic heterocycles. The highest BCUT2D eigenvalue weighted by Crippen LogP contribution is 2.28. The van der Waals surface area contributed by atoms with Crippen LogP contribution in [-0.4, -0.2) is 31.4 Å². The second-order valence-electron chi connectivity index (χ2n) is 9.19. The molecule has 0 atom stereocenters. The Balaban J connectivity index is 1.72. The Hall–Kier alpha value is -2.73. The van der Waals surface area contributed by atoms with Crippen molar-refractivity contribution in [2.45, 2.75) is 30.8 Å². The number of hydrogen-bond acceptors (Lipinski definition) is 3. The van der Waals surface area contributed by atoms with Crippen molar-refractivity contribution in [3.63, 3.8) is 0 Å². The van der Waals surface area contributed by atoms with Gasteiger partial charge in [0.05, 0.1) is 5.69 Å². The quantitative estimate of drug-likeness (QED) is 0.351. The van der Waals surface area contributed by atoms with Gasteiger partial charge in [-0.2, -0.15) is 0 Å². The summed E-state index contributed by atoms with van der Waals surface area (Å²) in [6, 6.07) is 23.8. The summed E-state index contributed by atoms with van der Waals surface area (Å²) in [5, 5.41) is 11.2. The van der Waals surface area contributed by atoms with Crippen molar-refractivity contribution in [1.82, 2.24) is 9.55 Å². The van der Waals surface area contributed by atoms with E-state index in [2.05, 4.69) is 0 Å². The zero-order chi connectivity index (χ0) is 23.8. The van der Waals surface area contributed by atoms with Crippen LogP contribution < -0.4 is 0 Å². The molecule has 0 radical (unpaired) electrons. The molecule has 3 aromatic carbocycles. The minimum absolute atomic E-state index is 0.543. The number of hydrogen-bond donors (Lipinski definition) is 2. The highest BCUT2D eigenvalue weighted by Gasteiger charge is 2.22. The fraction of sp³-hybridized carbons (Fsp3) is 0.222. The molecule has 1 N–H and O–H groups in total. The number of aromatic nitrogens is 2. The zero-order valence-corrected chi connectivity index (χ0v) is 20.9. The molecule has 0 saturated heterocycles. The summed E-state index contributed by atoms with van der Waals surface area (Å²) in [5.41, 5.74) is 3.53. The molecule has 0 aliphatic rings. The number of benzene rings is 3. The Labute approximate surface area is 201 Å². The largest absolute Gasteiger partial charge is 0.384 e. The lowest BCUT2D eigenvalue weighted by atomic mass is 10.1. The molecule has 0 aliphatic carbocycles. The van der Waals surface area contributed by atoms with E-state index in [1.165, 1.54) is 0 Å². The van der Waals surface area contributed by atoms with E-state index in [4.69, 9.17) is 16.6 Å². The molecular weight excluding hydrogens is 452 g/mol. The molecule has 0 spiro atoms. The third-order valence-electron chi connectivity index (χ3n) is 5.66. The van der Waals surface area contributed by atoms with Gasteiger partial charge in [0.25, 0.3) is 0 Å². The highest BCUT2D eigenvalue weighted by molar-refractivity contribution is 8.01. The van der Waals surface area contributed by atoms with Gasteiger partial charge in [0.1, 0.15) is 11.4 Å². The standard InChI is InChI=1S/C27H29ClN2O2S/c1-27(2,31)25-18-30(26(29-25)17-21-8-5-6-11-24(21)28)22-14-12-19(13-15-22)20-9-7-10-23(16-20)33(3,4)32/h5-16,18,31,33H,17H2,1-4H3. The van der Waals surface area contributed by atoms with Crippen LogP contribution in [0.3, 0.4) is 0 Å². The van der Waals surface area contributed by atoms with Gasteiger partial charge in [0, 0.05) is 28.2 Å². The lowest BCUT2D eigenvalue weighted by molar-refractivity contribution is 0.0741. The maximum absolute atomic E-state index is 12.5. The van der Waals surface area contributed by atoms with Gasteiger partial charge in [-0.25, -0.2) is 4.98 Å². The fourth-order valence-corrected chi connectivity index (χ4v) is 4.81. The lowest BCUT2D eigenvalue weighted by Crippen LogP contribution is -2.15. The molecule has 0 fully saturated rings. The molecule has 0 bridgehead atoms. The van der Waals surface area contributed by atoms with E-state index in [0.29, 0.717) is 17.1 Å². The molecule has 1 aromatic heterocycles. The third kappa shape index (κ3) is 5.27. The summed E-state index contributed by atoms with van der Waals surface area (Å²) < 4.78 is 14.5. The van der Waals surface area contributed by atoms with E-state index in [1.807, 2.05) is 83.6 Å². The van der Waals surface area contributed by atoms with Gasteiger partial charge >= 0.3 is 0 Å². The van der Waals surface area contributed by atoms with Crippen molar-refractivity contribution in [2.75, 3.05) is 12.5 Å². The molecule has 1 heterocycles. The van der Waals surface area contributed by atoms with E-state index in [1.54, 1.807) is 26.4 Å². The van der Waals surface area contributed by atoms with Crippen LogP contribution in [0.5, 0.6) is 0 Å². The minimum Gasteiger partial charge on any atom is -0.384 e. The number of halogens is 1. The fourth-order valence-electron chi connectivity index (χ4n) is 3.71. The van der Waals surface area contributed by atoms with E-state index in [9.17, 15) is 9.32 Å². The average molecular weight is 481 g/mol. The number of aliphatic hydroxyl groups is 1. The van der Waals surface area contributed by atoms with Crippen LogP contribution in [0.2, 0.25) is 5.02 Å². The van der Waals surface area contributed by atoms with Crippen molar-refractivity contribution in [1.29, 1.82) is 0 Å². The van der Waals surface area contributed by atoms with Crippen molar-refractivity contribution >= 4 is 21.5 Å². The predicted octanol–water partition coefficient (Wildman–Crippen LogP) is 5.65. The second kappa shape index (κ2) is 8.90. The van der Waals surface area contributed by atoms with Crippen LogP contribution in [0.4, 0.5) is 0 Å². The Kier molecular flexibility index (Phi) is 6.32. The summed E-state index contributed by atoms with van der Waals surface area (Å²) in [7, 11) is -2.33. The summed E-state index contributed by atoms with van der Waals surface area (Å²) in [6.45, 7) is 3.46. The number of thiol groups is 1. The van der Waals surface area contributed by atoms with E-state index < -0.39 is 15.5 Å². The van der Waals surface area contributed by atoms with Gasteiger partial charge in [-0.3, -0.25) is 4.21 Å². The van der Waals surface area contributed by atoms with Crippen molar-refractivity contribution in [2.24, 2.45) is 0 Å². The van der Waals surface area contributed by atoms with E-state index >= 15 is 0 Å². The molecule has 0 unspecified atom stereocenters. The molecule has 172 valence electrons. The molecule has 33 heavy (non-hydrogen) atoms. The van der Waals surface area contributed by atoms with Crippen LogP contribution in [-0.2, 0) is 22.0 Å². The van der Waals surface area contributed by atoms with Crippen molar-refractivity contribution in [3.8, 4) is 16.8 Å². The van der Waals surface area contributed by atoms with Crippen LogP contribution in [0, 0.1) is 0 Å². The van der Waals surface area contributed by atoms with Crippen molar-refractivity contribution in [3.05, 3.63) is 101 Å². The number of rotatable bonds is 6. The first kappa shape index (κ1) is 23.4. The Morgan fingerprint density at radius 2 is 1.67 bits per heavy atom. The van der Waals surface area contributed by atoms with Gasteiger partial charge < -0.3 is 9.67 Å². The maximum Gasteiger partial charge on any atom is 0.118 e. The van der Waals surface area contributed by atoms with Gasteiger partial charge in [0.15, 0.2) is 0 Å². The van der Waals surface area contributed by atoms with E-state index in [-0.39, 0.29) is 0 Å². The van der Waals surface area contributed by atoms with Gasteiger partial charge in [-0.05, 0) is 73.4 Å². The highest BCUT2D eigenvalue weighted by atomic mass is 35.5. The summed E-state index contributed by atoms with van der Waals surface area (Å²) in [6.07, 6.45) is 6.00. The van der Waals surface area contributed by atoms with E-state index in [0.717, 1.165) is 33.1 Å². The van der Waals surface area contributed by atoms with Crippen LogP contribution >= 0.6 is 11.6 Å². The predicted molar refractivity (Wildman–Crippen MR) is 138 cm³/mol.